The van der Waals surface area contributed by atoms with Gasteiger partial charge in [-0.3, -0.25) is 4.79 Å². The summed E-state index contributed by atoms with van der Waals surface area (Å²) in [6.45, 7) is 6.57. The maximum Gasteiger partial charge on any atom is 0.220 e. The van der Waals surface area contributed by atoms with Crippen LogP contribution >= 0.6 is 0 Å². The van der Waals surface area contributed by atoms with Gasteiger partial charge in [0.1, 0.15) is 5.82 Å². The van der Waals surface area contributed by atoms with Crippen LogP contribution in [0.3, 0.4) is 0 Å². The smallest absolute Gasteiger partial charge is 0.220 e. The highest BCUT2D eigenvalue weighted by atomic mass is 19.1. The highest BCUT2D eigenvalue weighted by Gasteiger charge is 2.21. The van der Waals surface area contributed by atoms with Crippen molar-refractivity contribution in [2.24, 2.45) is 11.7 Å². The molecule has 1 amide bonds. The molecule has 0 aromatic heterocycles. The summed E-state index contributed by atoms with van der Waals surface area (Å²) in [5, 5.41) is 2.92. The van der Waals surface area contributed by atoms with Crippen molar-refractivity contribution in [2.75, 3.05) is 6.54 Å². The Morgan fingerprint density at radius 1 is 1.38 bits per heavy atom. The molecule has 0 aliphatic rings. The number of hydrogen-bond donors (Lipinski definition) is 2. The first-order valence-electron chi connectivity index (χ1n) is 7.68. The third-order valence-electron chi connectivity index (χ3n) is 4.05. The fourth-order valence-corrected chi connectivity index (χ4v) is 2.30. The Balaban J connectivity index is 2.40. The van der Waals surface area contributed by atoms with E-state index in [1.54, 1.807) is 6.07 Å². The molecular formula is C17H27FN2O. The van der Waals surface area contributed by atoms with E-state index in [-0.39, 0.29) is 23.2 Å². The van der Waals surface area contributed by atoms with Crippen molar-refractivity contribution in [1.82, 2.24) is 5.32 Å². The molecule has 4 heteroatoms. The lowest BCUT2D eigenvalue weighted by atomic mass is 9.93. The minimum Gasteiger partial charge on any atom is -0.354 e. The molecule has 0 heterocycles. The van der Waals surface area contributed by atoms with Crippen LogP contribution in [0, 0.1) is 11.7 Å². The van der Waals surface area contributed by atoms with Crippen LogP contribution in [0.2, 0.25) is 0 Å². The summed E-state index contributed by atoms with van der Waals surface area (Å²) in [5.74, 6) is -0.0548. The lowest BCUT2D eigenvalue weighted by Crippen LogP contribution is -2.49. The number of nitrogens with one attached hydrogen (secondary N) is 1. The first-order chi connectivity index (χ1) is 9.88. The molecule has 1 atom stereocenters. The molecule has 0 aliphatic carbocycles. The highest BCUT2D eigenvalue weighted by Crippen LogP contribution is 2.14. The van der Waals surface area contributed by atoms with Crippen molar-refractivity contribution in [3.8, 4) is 0 Å². The van der Waals surface area contributed by atoms with Crippen LogP contribution in [0.4, 0.5) is 4.39 Å². The summed E-state index contributed by atoms with van der Waals surface area (Å²) >= 11 is 0. The molecule has 0 radical (unpaired) electrons. The third-order valence-corrected chi connectivity index (χ3v) is 4.05. The molecule has 1 unspecified atom stereocenters. The van der Waals surface area contributed by atoms with E-state index in [1.165, 1.54) is 12.1 Å². The van der Waals surface area contributed by atoms with Gasteiger partial charge in [-0.25, -0.2) is 4.39 Å². The van der Waals surface area contributed by atoms with Gasteiger partial charge in [0.2, 0.25) is 5.91 Å². The van der Waals surface area contributed by atoms with Gasteiger partial charge in [0.05, 0.1) is 0 Å². The summed E-state index contributed by atoms with van der Waals surface area (Å²) in [6, 6.07) is 6.53. The van der Waals surface area contributed by atoms with Gasteiger partial charge >= 0.3 is 0 Å². The van der Waals surface area contributed by atoms with Crippen LogP contribution < -0.4 is 11.1 Å². The van der Waals surface area contributed by atoms with E-state index in [9.17, 15) is 9.18 Å². The Kier molecular flexibility index (Phi) is 6.82. The van der Waals surface area contributed by atoms with Crippen molar-refractivity contribution in [2.45, 2.75) is 52.0 Å². The second-order valence-corrected chi connectivity index (χ2v) is 5.99. The second-order valence-electron chi connectivity index (χ2n) is 5.99. The first-order valence-corrected chi connectivity index (χ1v) is 7.68. The Hall–Kier alpha value is -1.42. The molecule has 21 heavy (non-hydrogen) atoms. The molecule has 3 N–H and O–H groups in total. The molecule has 0 spiro atoms. The first kappa shape index (κ1) is 17.6. The minimum atomic E-state index is -0.318. The fourth-order valence-electron chi connectivity index (χ4n) is 2.30. The minimum absolute atomic E-state index is 0.00984. The standard InChI is InChI=1S/C17H27FN2O/c1-4-17(19,5-2)12-20-16(21)10-13(3)9-14-7-6-8-15(18)11-14/h6-8,11,13H,4-5,9-10,12,19H2,1-3H3,(H,20,21). The predicted octanol–water partition coefficient (Wildman–Crippen LogP) is 3.03. The lowest BCUT2D eigenvalue weighted by Gasteiger charge is -2.27. The van der Waals surface area contributed by atoms with E-state index < -0.39 is 0 Å². The maximum absolute atomic E-state index is 13.1. The van der Waals surface area contributed by atoms with Crippen LogP contribution in [0.1, 0.15) is 45.6 Å². The normalized spacial score (nSPS) is 13.0. The fraction of sp³-hybridized carbons (Fsp3) is 0.588. The second kappa shape index (κ2) is 8.13. The van der Waals surface area contributed by atoms with Crippen molar-refractivity contribution < 1.29 is 9.18 Å². The number of benzene rings is 1. The zero-order chi connectivity index (χ0) is 15.9. The molecule has 118 valence electrons. The van der Waals surface area contributed by atoms with E-state index in [2.05, 4.69) is 5.32 Å². The molecule has 0 bridgehead atoms. The van der Waals surface area contributed by atoms with Crippen molar-refractivity contribution in [3.63, 3.8) is 0 Å². The van der Waals surface area contributed by atoms with Crippen LogP contribution in [-0.2, 0) is 11.2 Å². The SMILES string of the molecule is CCC(N)(CC)CNC(=O)CC(C)Cc1cccc(F)c1. The van der Waals surface area contributed by atoms with Gasteiger partial charge in [0.15, 0.2) is 0 Å². The van der Waals surface area contributed by atoms with E-state index in [0.29, 0.717) is 19.4 Å². The third kappa shape index (κ3) is 6.25. The van der Waals surface area contributed by atoms with E-state index >= 15 is 0 Å². The monoisotopic (exact) mass is 294 g/mol. The summed E-state index contributed by atoms with van der Waals surface area (Å²) in [7, 11) is 0. The largest absolute Gasteiger partial charge is 0.354 e. The Morgan fingerprint density at radius 3 is 2.62 bits per heavy atom. The number of halogens is 1. The average Bonchev–Trinajstić information content (AvgIpc) is 2.44. The van der Waals surface area contributed by atoms with Crippen LogP contribution in [0.25, 0.3) is 0 Å². The van der Waals surface area contributed by atoms with Gasteiger partial charge < -0.3 is 11.1 Å². The van der Waals surface area contributed by atoms with Crippen molar-refractivity contribution in [3.05, 3.63) is 35.6 Å². The molecule has 0 saturated carbocycles. The molecule has 3 nitrogen and oxygen atoms in total. The predicted molar refractivity (Wildman–Crippen MR) is 84.4 cm³/mol. The quantitative estimate of drug-likeness (QED) is 0.774. The summed E-state index contributed by atoms with van der Waals surface area (Å²) < 4.78 is 13.1. The highest BCUT2D eigenvalue weighted by molar-refractivity contribution is 5.76. The number of carbonyl (C=O) groups excluding carboxylic acids is 1. The zero-order valence-electron chi connectivity index (χ0n) is 13.3. The molecular weight excluding hydrogens is 267 g/mol. The van der Waals surface area contributed by atoms with Crippen LogP contribution in [0.5, 0.6) is 0 Å². The van der Waals surface area contributed by atoms with Gasteiger partial charge in [0.25, 0.3) is 0 Å². The maximum atomic E-state index is 13.1. The number of amides is 1. The van der Waals surface area contributed by atoms with Gasteiger partial charge in [-0.15, -0.1) is 0 Å². The van der Waals surface area contributed by atoms with E-state index in [0.717, 1.165) is 18.4 Å². The number of hydrogen-bond acceptors (Lipinski definition) is 2. The Morgan fingerprint density at radius 2 is 2.05 bits per heavy atom. The van der Waals surface area contributed by atoms with Gasteiger partial charge in [-0.2, -0.15) is 0 Å². The summed E-state index contributed by atoms with van der Waals surface area (Å²) in [4.78, 5) is 11.9. The van der Waals surface area contributed by atoms with Crippen LogP contribution in [-0.4, -0.2) is 18.0 Å². The van der Waals surface area contributed by atoms with Crippen LogP contribution in [0.15, 0.2) is 24.3 Å². The van der Waals surface area contributed by atoms with Crippen molar-refractivity contribution in [1.29, 1.82) is 0 Å². The zero-order valence-corrected chi connectivity index (χ0v) is 13.3. The molecule has 1 rings (SSSR count). The van der Waals surface area contributed by atoms with Gasteiger partial charge in [0, 0.05) is 18.5 Å². The molecule has 0 fully saturated rings. The lowest BCUT2D eigenvalue weighted by molar-refractivity contribution is -0.122. The summed E-state index contributed by atoms with van der Waals surface area (Å²) in [6.07, 6.45) is 2.80. The number of carbonyl (C=O) groups is 1. The Labute approximate surface area is 127 Å². The number of rotatable bonds is 8. The molecule has 0 aliphatic heterocycles. The summed E-state index contributed by atoms with van der Waals surface area (Å²) in [5.41, 5.74) is 6.76. The van der Waals surface area contributed by atoms with Gasteiger partial charge in [-0.05, 0) is 42.9 Å². The van der Waals surface area contributed by atoms with Crippen molar-refractivity contribution >= 4 is 5.91 Å². The average molecular weight is 294 g/mol. The Bertz CT molecular complexity index is 458. The topological polar surface area (TPSA) is 55.1 Å². The number of nitrogens with two attached hydrogens (primary N) is 1. The van der Waals surface area contributed by atoms with Gasteiger partial charge in [-0.1, -0.05) is 32.9 Å². The molecule has 1 aromatic rings. The van der Waals surface area contributed by atoms with E-state index in [4.69, 9.17) is 5.73 Å². The molecule has 0 saturated heterocycles. The van der Waals surface area contributed by atoms with E-state index in [1.807, 2.05) is 26.8 Å². The molecule has 1 aromatic carbocycles.